The van der Waals surface area contributed by atoms with Gasteiger partial charge >= 0.3 is 5.97 Å². The number of carboxylic acid groups (broad SMARTS) is 1. The van der Waals surface area contributed by atoms with Crippen LogP contribution in [0.1, 0.15) is 28.9 Å². The van der Waals surface area contributed by atoms with Crippen molar-refractivity contribution in [1.29, 1.82) is 0 Å². The molecule has 7 heteroatoms. The van der Waals surface area contributed by atoms with Crippen LogP contribution >= 0.6 is 11.8 Å². The quantitative estimate of drug-likeness (QED) is 0.753. The molecule has 0 spiro atoms. The molecule has 2 atom stereocenters. The Bertz CT molecular complexity index is 491. The minimum Gasteiger partial charge on any atom is -0.478 e. The van der Waals surface area contributed by atoms with Crippen LogP contribution in [0.5, 0.6) is 0 Å². The van der Waals surface area contributed by atoms with Crippen LogP contribution < -0.4 is 0 Å². The van der Waals surface area contributed by atoms with Gasteiger partial charge in [-0.15, -0.1) is 0 Å². The second kappa shape index (κ2) is 6.65. The molecule has 0 radical (unpaired) electrons. The van der Waals surface area contributed by atoms with Gasteiger partial charge in [0.1, 0.15) is 11.9 Å². The highest BCUT2D eigenvalue weighted by Crippen LogP contribution is 2.22. The summed E-state index contributed by atoms with van der Waals surface area (Å²) in [5, 5.41) is 27.8. The largest absolute Gasteiger partial charge is 0.478 e. The molecule has 1 aromatic carbocycles. The molecular weight excluding hydrogens is 275 g/mol. The van der Waals surface area contributed by atoms with E-state index in [-0.39, 0.29) is 16.4 Å². The summed E-state index contributed by atoms with van der Waals surface area (Å²) in [6.07, 6.45) is -2.63. The fraction of sp³-hybridized carbons (Fsp3) is 0.333. The molecule has 3 N–H and O–H groups in total. The van der Waals surface area contributed by atoms with Crippen LogP contribution in [-0.2, 0) is 4.79 Å². The Labute approximate surface area is 113 Å². The van der Waals surface area contributed by atoms with E-state index in [0.29, 0.717) is 0 Å². The normalized spacial score (nSPS) is 13.9. The SMILES string of the molecule is CC(=O)SCC(O)C(O)c1ccc(C(=O)O)c(F)c1. The van der Waals surface area contributed by atoms with Gasteiger partial charge in [0.05, 0.1) is 11.7 Å². The van der Waals surface area contributed by atoms with Crippen LogP contribution in [0.3, 0.4) is 0 Å². The molecule has 0 aliphatic rings. The van der Waals surface area contributed by atoms with Gasteiger partial charge in [0, 0.05) is 12.7 Å². The zero-order valence-corrected chi connectivity index (χ0v) is 10.9. The van der Waals surface area contributed by atoms with Crippen molar-refractivity contribution in [3.8, 4) is 0 Å². The monoisotopic (exact) mass is 288 g/mol. The first-order valence-electron chi connectivity index (χ1n) is 5.35. The van der Waals surface area contributed by atoms with E-state index in [1.54, 1.807) is 0 Å². The summed E-state index contributed by atoms with van der Waals surface area (Å²) >= 11 is 0.838. The predicted octanol–water partition coefficient (Wildman–Crippen LogP) is 1.20. The molecule has 0 heterocycles. The highest BCUT2D eigenvalue weighted by Gasteiger charge is 2.21. The van der Waals surface area contributed by atoms with Gasteiger partial charge in [-0.2, -0.15) is 0 Å². The van der Waals surface area contributed by atoms with Gasteiger partial charge in [0.2, 0.25) is 0 Å². The smallest absolute Gasteiger partial charge is 0.338 e. The summed E-state index contributed by atoms with van der Waals surface area (Å²) in [4.78, 5) is 21.3. The molecule has 0 saturated carbocycles. The molecular formula is C12H13FO5S. The number of aliphatic hydroxyl groups is 2. The number of aliphatic hydroxyl groups excluding tert-OH is 2. The van der Waals surface area contributed by atoms with Crippen LogP contribution in [0.4, 0.5) is 4.39 Å². The Morgan fingerprint density at radius 3 is 2.47 bits per heavy atom. The van der Waals surface area contributed by atoms with Crippen LogP contribution in [0.25, 0.3) is 0 Å². The van der Waals surface area contributed by atoms with E-state index in [2.05, 4.69) is 0 Å². The lowest BCUT2D eigenvalue weighted by molar-refractivity contribution is -0.109. The van der Waals surface area contributed by atoms with Gasteiger partial charge in [-0.1, -0.05) is 17.8 Å². The third kappa shape index (κ3) is 4.30. The van der Waals surface area contributed by atoms with Gasteiger partial charge in [-0.05, 0) is 17.7 Å². The minimum atomic E-state index is -1.41. The van der Waals surface area contributed by atoms with Crippen molar-refractivity contribution in [2.75, 3.05) is 5.75 Å². The number of carbonyl (C=O) groups excluding carboxylic acids is 1. The standard InChI is InChI=1S/C12H13FO5S/c1-6(14)19-5-10(15)11(16)7-2-3-8(12(17)18)9(13)4-7/h2-4,10-11,15-16H,5H2,1H3,(H,17,18). The zero-order chi connectivity index (χ0) is 14.6. The first-order valence-corrected chi connectivity index (χ1v) is 6.33. The topological polar surface area (TPSA) is 94.8 Å². The Hall–Kier alpha value is -1.44. The molecule has 0 aliphatic carbocycles. The number of hydrogen-bond donors (Lipinski definition) is 3. The Morgan fingerprint density at radius 1 is 1.37 bits per heavy atom. The Morgan fingerprint density at radius 2 is 2.00 bits per heavy atom. The lowest BCUT2D eigenvalue weighted by atomic mass is 10.0. The van der Waals surface area contributed by atoms with E-state index in [4.69, 9.17) is 5.11 Å². The molecule has 0 aliphatic heterocycles. The number of halogens is 1. The van der Waals surface area contributed by atoms with Crippen molar-refractivity contribution in [2.24, 2.45) is 0 Å². The number of benzene rings is 1. The first-order chi connectivity index (χ1) is 8.82. The lowest BCUT2D eigenvalue weighted by Crippen LogP contribution is -2.21. The number of thioether (sulfide) groups is 1. The maximum Gasteiger partial charge on any atom is 0.338 e. The first kappa shape index (κ1) is 15.6. The fourth-order valence-corrected chi connectivity index (χ4v) is 1.99. The van der Waals surface area contributed by atoms with Gasteiger partial charge in [0.15, 0.2) is 5.12 Å². The van der Waals surface area contributed by atoms with Crippen molar-refractivity contribution in [2.45, 2.75) is 19.1 Å². The Balaban J connectivity index is 2.82. The van der Waals surface area contributed by atoms with E-state index < -0.39 is 29.6 Å². The molecule has 19 heavy (non-hydrogen) atoms. The average Bonchev–Trinajstić information content (AvgIpc) is 2.34. The van der Waals surface area contributed by atoms with E-state index in [1.807, 2.05) is 0 Å². The van der Waals surface area contributed by atoms with Crippen LogP contribution in [-0.4, -0.2) is 38.3 Å². The molecule has 0 fully saturated rings. The minimum absolute atomic E-state index is 0.0290. The third-order valence-electron chi connectivity index (χ3n) is 2.39. The number of rotatable bonds is 5. The number of carbonyl (C=O) groups is 2. The highest BCUT2D eigenvalue weighted by atomic mass is 32.2. The maximum absolute atomic E-state index is 13.4. The second-order valence-corrected chi connectivity index (χ2v) is 5.06. The van der Waals surface area contributed by atoms with E-state index in [1.165, 1.54) is 13.0 Å². The van der Waals surface area contributed by atoms with Crippen molar-refractivity contribution in [1.82, 2.24) is 0 Å². The lowest BCUT2D eigenvalue weighted by Gasteiger charge is -2.17. The van der Waals surface area contributed by atoms with E-state index >= 15 is 0 Å². The summed E-state index contributed by atoms with van der Waals surface area (Å²) in [7, 11) is 0. The number of hydrogen-bond acceptors (Lipinski definition) is 5. The summed E-state index contributed by atoms with van der Waals surface area (Å²) < 4.78 is 13.4. The fourth-order valence-electron chi connectivity index (χ4n) is 1.40. The summed E-state index contributed by atoms with van der Waals surface area (Å²) in [6, 6.07) is 3.09. The summed E-state index contributed by atoms with van der Waals surface area (Å²) in [5.74, 6) is -2.43. The molecule has 0 aromatic heterocycles. The van der Waals surface area contributed by atoms with Crippen molar-refractivity contribution >= 4 is 22.8 Å². The third-order valence-corrected chi connectivity index (χ3v) is 3.30. The van der Waals surface area contributed by atoms with Crippen LogP contribution in [0.15, 0.2) is 18.2 Å². The van der Waals surface area contributed by atoms with E-state index in [0.717, 1.165) is 23.9 Å². The molecule has 2 unspecified atom stereocenters. The van der Waals surface area contributed by atoms with Gasteiger partial charge in [-0.25, -0.2) is 9.18 Å². The van der Waals surface area contributed by atoms with Crippen LogP contribution in [0, 0.1) is 5.82 Å². The second-order valence-electron chi connectivity index (χ2n) is 3.86. The predicted molar refractivity (Wildman–Crippen MR) is 67.5 cm³/mol. The molecule has 1 rings (SSSR count). The number of carboxylic acids is 1. The maximum atomic E-state index is 13.4. The van der Waals surface area contributed by atoms with Crippen molar-refractivity contribution in [3.63, 3.8) is 0 Å². The highest BCUT2D eigenvalue weighted by molar-refractivity contribution is 8.13. The van der Waals surface area contributed by atoms with E-state index in [9.17, 15) is 24.2 Å². The molecule has 0 saturated heterocycles. The van der Waals surface area contributed by atoms with Crippen LogP contribution in [0.2, 0.25) is 0 Å². The Kier molecular flexibility index (Phi) is 5.46. The molecule has 104 valence electrons. The summed E-state index contributed by atoms with van der Waals surface area (Å²) in [5.41, 5.74) is -0.456. The van der Waals surface area contributed by atoms with Gasteiger partial charge in [-0.3, -0.25) is 4.79 Å². The number of aromatic carboxylic acids is 1. The van der Waals surface area contributed by atoms with Crippen molar-refractivity contribution in [3.05, 3.63) is 35.1 Å². The molecule has 1 aromatic rings. The van der Waals surface area contributed by atoms with Gasteiger partial charge < -0.3 is 15.3 Å². The summed E-state index contributed by atoms with van der Waals surface area (Å²) in [6.45, 7) is 1.32. The van der Waals surface area contributed by atoms with Gasteiger partial charge in [0.25, 0.3) is 0 Å². The zero-order valence-electron chi connectivity index (χ0n) is 10.0. The van der Waals surface area contributed by atoms with Crippen molar-refractivity contribution < 1.29 is 29.3 Å². The average molecular weight is 288 g/mol. The molecule has 0 bridgehead atoms. The molecule has 0 amide bonds. The molecule has 5 nitrogen and oxygen atoms in total.